The van der Waals surface area contributed by atoms with Crippen LogP contribution in [0.15, 0.2) is 18.2 Å². The number of nitrogens with zero attached hydrogens (tertiary/aromatic N) is 2. The van der Waals surface area contributed by atoms with Crippen molar-refractivity contribution in [3.05, 3.63) is 23.8 Å². The summed E-state index contributed by atoms with van der Waals surface area (Å²) in [7, 11) is 0. The molecule has 3 nitrogen and oxygen atoms in total. The highest BCUT2D eigenvalue weighted by molar-refractivity contribution is 9.09. The van der Waals surface area contributed by atoms with E-state index in [1.54, 1.807) is 6.07 Å². The molecule has 0 saturated heterocycles. The number of hydrogen-bond donors (Lipinski definition) is 0. The topological polar surface area (TPSA) is 42.9 Å². The molecule has 2 aromatic rings. The van der Waals surface area contributed by atoms with Gasteiger partial charge >= 0.3 is 0 Å². The normalized spacial score (nSPS) is 10.5. The zero-order chi connectivity index (χ0) is 9.26. The third-order valence-electron chi connectivity index (χ3n) is 1.71. The number of fused-ring (bicyclic) bond motifs is 1. The van der Waals surface area contributed by atoms with E-state index in [1.807, 2.05) is 12.1 Å². The number of ketones is 1. The third-order valence-corrected chi connectivity index (χ3v) is 2.76. The fourth-order valence-corrected chi connectivity index (χ4v) is 1.95. The van der Waals surface area contributed by atoms with Crippen LogP contribution in [-0.2, 0) is 0 Å². The van der Waals surface area contributed by atoms with Crippen LogP contribution in [0.4, 0.5) is 0 Å². The number of hydrogen-bond acceptors (Lipinski definition) is 4. The fourth-order valence-electron chi connectivity index (χ4n) is 1.10. The minimum atomic E-state index is 0.0401. The molecule has 1 heterocycles. The molecule has 0 aliphatic heterocycles. The molecule has 66 valence electrons. The van der Waals surface area contributed by atoms with Gasteiger partial charge in [-0.1, -0.05) is 22.0 Å². The van der Waals surface area contributed by atoms with Gasteiger partial charge in [-0.3, -0.25) is 4.79 Å². The van der Waals surface area contributed by atoms with Crippen LogP contribution in [0, 0.1) is 0 Å². The van der Waals surface area contributed by atoms with Gasteiger partial charge in [0.1, 0.15) is 11.0 Å². The van der Waals surface area contributed by atoms with Gasteiger partial charge in [-0.2, -0.15) is 8.75 Å². The Morgan fingerprint density at radius 1 is 1.46 bits per heavy atom. The lowest BCUT2D eigenvalue weighted by molar-refractivity contribution is 0.102. The van der Waals surface area contributed by atoms with Crippen molar-refractivity contribution in [1.82, 2.24) is 8.75 Å². The van der Waals surface area contributed by atoms with E-state index in [4.69, 9.17) is 0 Å². The van der Waals surface area contributed by atoms with Crippen molar-refractivity contribution in [2.45, 2.75) is 0 Å². The number of rotatable bonds is 2. The maximum atomic E-state index is 11.4. The maximum Gasteiger partial charge on any atom is 0.175 e. The third kappa shape index (κ3) is 1.49. The quantitative estimate of drug-likeness (QED) is 0.612. The van der Waals surface area contributed by atoms with Crippen LogP contribution in [0.3, 0.4) is 0 Å². The fraction of sp³-hybridized carbons (Fsp3) is 0.125. The van der Waals surface area contributed by atoms with Gasteiger partial charge in [-0.05, 0) is 12.1 Å². The second kappa shape index (κ2) is 3.51. The summed E-state index contributed by atoms with van der Waals surface area (Å²) in [5, 5.41) is 0.323. The van der Waals surface area contributed by atoms with Crippen molar-refractivity contribution in [2.75, 3.05) is 5.33 Å². The van der Waals surface area contributed by atoms with Gasteiger partial charge in [0, 0.05) is 5.56 Å². The van der Waals surface area contributed by atoms with Gasteiger partial charge in [0.2, 0.25) is 0 Å². The van der Waals surface area contributed by atoms with Crippen LogP contribution in [0.25, 0.3) is 11.0 Å². The predicted octanol–water partition coefficient (Wildman–Crippen LogP) is 2.27. The second-order valence-corrected chi connectivity index (χ2v) is 3.58. The number of halogens is 1. The lowest BCUT2D eigenvalue weighted by atomic mass is 10.1. The minimum absolute atomic E-state index is 0.0401. The Kier molecular flexibility index (Phi) is 2.37. The number of aromatic nitrogens is 2. The number of carbonyl (C=O) groups excluding carboxylic acids is 1. The molecular weight excluding hydrogens is 252 g/mol. The lowest BCUT2D eigenvalue weighted by Gasteiger charge is -1.95. The number of benzene rings is 1. The molecular formula is C8H5BrN2OS. The highest BCUT2D eigenvalue weighted by atomic mass is 79.9. The molecule has 0 unspecified atom stereocenters. The molecule has 2 rings (SSSR count). The molecule has 1 aromatic carbocycles. The van der Waals surface area contributed by atoms with Gasteiger partial charge in [0.05, 0.1) is 17.1 Å². The van der Waals surface area contributed by atoms with Crippen LogP contribution in [0.2, 0.25) is 0 Å². The molecule has 0 spiro atoms. The lowest BCUT2D eigenvalue weighted by Crippen LogP contribution is -2.00. The standard InChI is InChI=1S/C8H5BrN2OS/c9-4-7(12)5-2-1-3-6-8(5)11-13-10-6/h1-3H,4H2. The Morgan fingerprint density at radius 3 is 3.08 bits per heavy atom. The molecule has 0 fully saturated rings. The van der Waals surface area contributed by atoms with Crippen LogP contribution < -0.4 is 0 Å². The van der Waals surface area contributed by atoms with E-state index in [1.165, 1.54) is 0 Å². The summed E-state index contributed by atoms with van der Waals surface area (Å²) in [4.78, 5) is 11.4. The van der Waals surface area contributed by atoms with E-state index in [2.05, 4.69) is 24.7 Å². The van der Waals surface area contributed by atoms with Crippen molar-refractivity contribution < 1.29 is 4.79 Å². The molecule has 0 atom stereocenters. The van der Waals surface area contributed by atoms with Gasteiger partial charge in [-0.15, -0.1) is 0 Å². The van der Waals surface area contributed by atoms with E-state index < -0.39 is 0 Å². The van der Waals surface area contributed by atoms with Crippen molar-refractivity contribution >= 4 is 44.5 Å². The molecule has 13 heavy (non-hydrogen) atoms. The molecule has 5 heteroatoms. The average molecular weight is 257 g/mol. The smallest absolute Gasteiger partial charge is 0.175 e. The SMILES string of the molecule is O=C(CBr)c1cccc2nsnc12. The predicted molar refractivity (Wildman–Crippen MR) is 55.5 cm³/mol. The van der Waals surface area contributed by atoms with Crippen LogP contribution in [0.1, 0.15) is 10.4 Å². The summed E-state index contributed by atoms with van der Waals surface area (Å²) in [5.41, 5.74) is 2.14. The van der Waals surface area contributed by atoms with Crippen LogP contribution in [0.5, 0.6) is 0 Å². The summed E-state index contributed by atoms with van der Waals surface area (Å²) in [6.45, 7) is 0. The van der Waals surface area contributed by atoms with Crippen molar-refractivity contribution in [2.24, 2.45) is 0 Å². The van der Waals surface area contributed by atoms with Gasteiger partial charge in [0.15, 0.2) is 5.78 Å². The summed E-state index contributed by atoms with van der Waals surface area (Å²) in [6, 6.07) is 5.44. The van der Waals surface area contributed by atoms with Gasteiger partial charge in [0.25, 0.3) is 0 Å². The van der Waals surface area contributed by atoms with E-state index in [-0.39, 0.29) is 5.78 Å². The van der Waals surface area contributed by atoms with E-state index in [0.29, 0.717) is 16.4 Å². The summed E-state index contributed by atoms with van der Waals surface area (Å²) in [5.74, 6) is 0.0401. The largest absolute Gasteiger partial charge is 0.293 e. The first kappa shape index (κ1) is 8.77. The first-order chi connectivity index (χ1) is 6.33. The van der Waals surface area contributed by atoms with Gasteiger partial charge < -0.3 is 0 Å². The molecule has 0 aliphatic carbocycles. The first-order valence-electron chi connectivity index (χ1n) is 3.63. The summed E-state index contributed by atoms with van der Waals surface area (Å²) in [6.07, 6.45) is 0. The zero-order valence-corrected chi connectivity index (χ0v) is 8.93. The molecule has 0 aliphatic rings. The number of alkyl halides is 1. The van der Waals surface area contributed by atoms with Crippen LogP contribution in [-0.4, -0.2) is 19.9 Å². The first-order valence-corrected chi connectivity index (χ1v) is 5.48. The Morgan fingerprint density at radius 2 is 2.31 bits per heavy atom. The Labute approximate surface area is 87.2 Å². The van der Waals surface area contributed by atoms with E-state index in [0.717, 1.165) is 17.2 Å². The summed E-state index contributed by atoms with van der Waals surface area (Å²) >= 11 is 4.26. The highest BCUT2D eigenvalue weighted by Gasteiger charge is 2.10. The summed E-state index contributed by atoms with van der Waals surface area (Å²) < 4.78 is 8.14. The Balaban J connectivity index is 2.67. The van der Waals surface area contributed by atoms with Gasteiger partial charge in [-0.25, -0.2) is 0 Å². The molecule has 0 bridgehead atoms. The van der Waals surface area contributed by atoms with Crippen molar-refractivity contribution in [1.29, 1.82) is 0 Å². The van der Waals surface area contributed by atoms with Crippen LogP contribution >= 0.6 is 27.7 Å². The van der Waals surface area contributed by atoms with Crippen molar-refractivity contribution in [3.8, 4) is 0 Å². The molecule has 0 saturated carbocycles. The number of Topliss-reactive ketones (excluding diaryl/α,β-unsaturated/α-hetero) is 1. The second-order valence-electron chi connectivity index (χ2n) is 2.49. The zero-order valence-electron chi connectivity index (χ0n) is 6.53. The Hall–Kier alpha value is -0.810. The average Bonchev–Trinajstić information content (AvgIpc) is 2.63. The molecule has 0 radical (unpaired) electrons. The molecule has 0 N–H and O–H groups in total. The van der Waals surface area contributed by atoms with E-state index >= 15 is 0 Å². The minimum Gasteiger partial charge on any atom is -0.293 e. The Bertz CT molecular complexity index is 454. The van der Waals surface area contributed by atoms with Crippen molar-refractivity contribution in [3.63, 3.8) is 0 Å². The monoisotopic (exact) mass is 256 g/mol. The highest BCUT2D eigenvalue weighted by Crippen LogP contribution is 2.17. The molecule has 0 amide bonds. The number of carbonyl (C=O) groups is 1. The maximum absolute atomic E-state index is 11.4. The van der Waals surface area contributed by atoms with E-state index in [9.17, 15) is 4.79 Å². The molecule has 1 aromatic heterocycles.